The highest BCUT2D eigenvalue weighted by Gasteiger charge is 2.12. The van der Waals surface area contributed by atoms with Crippen LogP contribution in [-0.4, -0.2) is 20.2 Å². The molecule has 2 heterocycles. The summed E-state index contributed by atoms with van der Waals surface area (Å²) < 4.78 is 7.19. The number of benzene rings is 1. The normalized spacial score (nSPS) is 12.3. The van der Waals surface area contributed by atoms with Gasteiger partial charge in [-0.25, -0.2) is 4.68 Å². The summed E-state index contributed by atoms with van der Waals surface area (Å²) in [5.74, 6) is 1.74. The molecule has 1 aromatic carbocycles. The molecular formula is C14H14ClN5O. The molecular weight excluding hydrogens is 290 g/mol. The third-order valence-electron chi connectivity index (χ3n) is 3.12. The first-order chi connectivity index (χ1) is 10.1. The van der Waals surface area contributed by atoms with E-state index in [-0.39, 0.29) is 6.04 Å². The molecule has 0 spiro atoms. The zero-order valence-corrected chi connectivity index (χ0v) is 12.4. The van der Waals surface area contributed by atoms with Crippen molar-refractivity contribution in [1.82, 2.24) is 20.2 Å². The maximum atomic E-state index is 6.24. The molecule has 0 aliphatic heterocycles. The fourth-order valence-electron chi connectivity index (χ4n) is 2.04. The molecule has 1 unspecified atom stereocenters. The van der Waals surface area contributed by atoms with Crippen molar-refractivity contribution in [3.63, 3.8) is 0 Å². The number of hydrogen-bond acceptors (Lipinski definition) is 5. The Kier molecular flexibility index (Phi) is 3.62. The number of nitrogens with one attached hydrogen (secondary N) is 1. The predicted molar refractivity (Wildman–Crippen MR) is 79.6 cm³/mol. The third kappa shape index (κ3) is 2.90. The van der Waals surface area contributed by atoms with E-state index in [2.05, 4.69) is 20.8 Å². The number of halogens is 1. The van der Waals surface area contributed by atoms with Gasteiger partial charge in [-0.05, 0) is 54.6 Å². The Morgan fingerprint density at radius 1 is 1.29 bits per heavy atom. The highest BCUT2D eigenvalue weighted by Crippen LogP contribution is 2.28. The molecule has 21 heavy (non-hydrogen) atoms. The van der Waals surface area contributed by atoms with Crippen LogP contribution in [0.3, 0.4) is 0 Å². The van der Waals surface area contributed by atoms with Crippen LogP contribution < -0.4 is 5.32 Å². The van der Waals surface area contributed by atoms with Crippen molar-refractivity contribution in [3.05, 3.63) is 53.2 Å². The van der Waals surface area contributed by atoms with E-state index < -0.39 is 0 Å². The monoisotopic (exact) mass is 303 g/mol. The molecule has 0 aliphatic rings. The summed E-state index contributed by atoms with van der Waals surface area (Å²) in [4.78, 5) is 0. The second kappa shape index (κ2) is 5.57. The van der Waals surface area contributed by atoms with Crippen molar-refractivity contribution < 1.29 is 4.42 Å². The van der Waals surface area contributed by atoms with Crippen LogP contribution in [0.25, 0.3) is 5.69 Å². The van der Waals surface area contributed by atoms with E-state index in [0.29, 0.717) is 5.02 Å². The van der Waals surface area contributed by atoms with Gasteiger partial charge in [0.1, 0.15) is 17.8 Å². The summed E-state index contributed by atoms with van der Waals surface area (Å²) in [6.07, 6.45) is 1.53. The second-order valence-electron chi connectivity index (χ2n) is 4.73. The third-order valence-corrected chi connectivity index (χ3v) is 3.45. The number of anilines is 1. The lowest BCUT2D eigenvalue weighted by Gasteiger charge is -2.15. The number of rotatable bonds is 4. The van der Waals surface area contributed by atoms with E-state index >= 15 is 0 Å². The SMILES string of the molecule is Cc1ccc(C(C)Nc2cc(-n3cnnn3)ccc2Cl)o1. The summed E-state index contributed by atoms with van der Waals surface area (Å²) >= 11 is 6.24. The van der Waals surface area contributed by atoms with Crippen molar-refractivity contribution in [2.24, 2.45) is 0 Å². The molecule has 108 valence electrons. The second-order valence-corrected chi connectivity index (χ2v) is 5.14. The van der Waals surface area contributed by atoms with E-state index in [4.69, 9.17) is 16.0 Å². The summed E-state index contributed by atoms with van der Waals surface area (Å²) in [5.41, 5.74) is 1.63. The fraction of sp³-hybridized carbons (Fsp3) is 0.214. The first kappa shape index (κ1) is 13.6. The summed E-state index contributed by atoms with van der Waals surface area (Å²) in [7, 11) is 0. The van der Waals surface area contributed by atoms with Crippen molar-refractivity contribution in [2.45, 2.75) is 19.9 Å². The van der Waals surface area contributed by atoms with Gasteiger partial charge in [0.25, 0.3) is 0 Å². The quantitative estimate of drug-likeness (QED) is 0.800. The molecule has 0 amide bonds. The zero-order valence-electron chi connectivity index (χ0n) is 11.6. The van der Waals surface area contributed by atoms with Gasteiger partial charge in [-0.15, -0.1) is 5.10 Å². The number of aromatic nitrogens is 4. The van der Waals surface area contributed by atoms with Gasteiger partial charge in [-0.2, -0.15) is 0 Å². The number of hydrogen-bond donors (Lipinski definition) is 1. The van der Waals surface area contributed by atoms with E-state index in [0.717, 1.165) is 22.9 Å². The van der Waals surface area contributed by atoms with Crippen LogP contribution in [0.15, 0.2) is 41.1 Å². The van der Waals surface area contributed by atoms with Gasteiger partial charge in [-0.3, -0.25) is 0 Å². The van der Waals surface area contributed by atoms with E-state index in [1.807, 2.05) is 38.1 Å². The van der Waals surface area contributed by atoms with Crippen LogP contribution in [-0.2, 0) is 0 Å². The molecule has 2 aromatic heterocycles. The molecule has 1 N–H and O–H groups in total. The predicted octanol–water partition coefficient (Wildman–Crippen LogP) is 3.39. The van der Waals surface area contributed by atoms with Crippen LogP contribution in [0, 0.1) is 6.92 Å². The van der Waals surface area contributed by atoms with E-state index in [9.17, 15) is 0 Å². The van der Waals surface area contributed by atoms with E-state index in [1.165, 1.54) is 6.33 Å². The Hall–Kier alpha value is -2.34. The largest absolute Gasteiger partial charge is 0.464 e. The Bertz CT molecular complexity index is 738. The Morgan fingerprint density at radius 3 is 2.81 bits per heavy atom. The molecule has 7 heteroatoms. The molecule has 1 atom stereocenters. The lowest BCUT2D eigenvalue weighted by atomic mass is 10.2. The smallest absolute Gasteiger partial charge is 0.143 e. The van der Waals surface area contributed by atoms with Crippen LogP contribution in [0.5, 0.6) is 0 Å². The first-order valence-electron chi connectivity index (χ1n) is 6.49. The number of nitrogens with zero attached hydrogens (tertiary/aromatic N) is 4. The van der Waals surface area contributed by atoms with Crippen LogP contribution in [0.1, 0.15) is 24.5 Å². The van der Waals surface area contributed by atoms with Crippen molar-refractivity contribution in [3.8, 4) is 5.69 Å². The molecule has 3 rings (SSSR count). The fourth-order valence-corrected chi connectivity index (χ4v) is 2.21. The Balaban J connectivity index is 1.86. The van der Waals surface area contributed by atoms with Crippen LogP contribution in [0.4, 0.5) is 5.69 Å². The van der Waals surface area contributed by atoms with Gasteiger partial charge in [0.2, 0.25) is 0 Å². The molecule has 0 radical (unpaired) electrons. The van der Waals surface area contributed by atoms with Crippen molar-refractivity contribution in [2.75, 3.05) is 5.32 Å². The Morgan fingerprint density at radius 2 is 2.14 bits per heavy atom. The number of aryl methyl sites for hydroxylation is 1. The highest BCUT2D eigenvalue weighted by molar-refractivity contribution is 6.33. The molecule has 0 saturated heterocycles. The van der Waals surface area contributed by atoms with Gasteiger partial charge >= 0.3 is 0 Å². The number of furan rings is 1. The highest BCUT2D eigenvalue weighted by atomic mass is 35.5. The molecule has 0 bridgehead atoms. The zero-order chi connectivity index (χ0) is 14.8. The topological polar surface area (TPSA) is 68.8 Å². The van der Waals surface area contributed by atoms with Gasteiger partial charge in [0.15, 0.2) is 0 Å². The lowest BCUT2D eigenvalue weighted by Crippen LogP contribution is -2.07. The summed E-state index contributed by atoms with van der Waals surface area (Å²) in [5, 5.41) is 15.1. The minimum Gasteiger partial charge on any atom is -0.464 e. The molecule has 6 nitrogen and oxygen atoms in total. The van der Waals surface area contributed by atoms with Gasteiger partial charge in [0.05, 0.1) is 22.4 Å². The number of tetrazole rings is 1. The lowest BCUT2D eigenvalue weighted by molar-refractivity contribution is 0.467. The summed E-state index contributed by atoms with van der Waals surface area (Å²) in [6, 6.07) is 9.44. The van der Waals surface area contributed by atoms with Crippen molar-refractivity contribution >= 4 is 17.3 Å². The first-order valence-corrected chi connectivity index (χ1v) is 6.87. The minimum atomic E-state index is 0.000298. The van der Waals surface area contributed by atoms with Gasteiger partial charge in [-0.1, -0.05) is 11.6 Å². The summed E-state index contributed by atoms with van der Waals surface area (Å²) in [6.45, 7) is 3.93. The maximum absolute atomic E-state index is 6.24. The molecule has 0 aliphatic carbocycles. The maximum Gasteiger partial charge on any atom is 0.143 e. The van der Waals surface area contributed by atoms with E-state index in [1.54, 1.807) is 10.7 Å². The molecule has 0 saturated carbocycles. The van der Waals surface area contributed by atoms with Crippen LogP contribution in [0.2, 0.25) is 5.02 Å². The van der Waals surface area contributed by atoms with Gasteiger partial charge < -0.3 is 9.73 Å². The molecule has 0 fully saturated rings. The Labute approximate surface area is 126 Å². The standard InChI is InChI=1S/C14H14ClN5O/c1-9-3-6-14(21-9)10(2)17-13-7-11(4-5-12(13)15)20-8-16-18-19-20/h3-8,10,17H,1-2H3. The van der Waals surface area contributed by atoms with Gasteiger partial charge in [0, 0.05) is 0 Å². The average Bonchev–Trinajstić information content (AvgIpc) is 3.12. The van der Waals surface area contributed by atoms with Crippen LogP contribution >= 0.6 is 11.6 Å². The van der Waals surface area contributed by atoms with Crippen molar-refractivity contribution in [1.29, 1.82) is 0 Å². The molecule has 3 aromatic rings. The minimum absolute atomic E-state index is 0.000298. The average molecular weight is 304 g/mol.